The molecule has 0 bridgehead atoms. The molecule has 0 aromatic rings. The molecule has 6 nitrogen and oxygen atoms in total. The van der Waals surface area contributed by atoms with Crippen LogP contribution >= 0.6 is 0 Å². The van der Waals surface area contributed by atoms with E-state index in [1.54, 1.807) is 0 Å². The zero-order valence-electron chi connectivity index (χ0n) is 16.3. The van der Waals surface area contributed by atoms with Gasteiger partial charge in [-0.15, -0.1) is 0 Å². The van der Waals surface area contributed by atoms with Gasteiger partial charge in [-0.3, -0.25) is 9.69 Å². The van der Waals surface area contributed by atoms with Crippen LogP contribution in [-0.2, 0) is 4.79 Å². The third-order valence-electron chi connectivity index (χ3n) is 6.43. The van der Waals surface area contributed by atoms with Crippen molar-refractivity contribution in [3.8, 4) is 0 Å². The second-order valence-electron chi connectivity index (χ2n) is 7.98. The molecule has 3 aliphatic rings. The quantitative estimate of drug-likeness (QED) is 0.709. The highest BCUT2D eigenvalue weighted by molar-refractivity contribution is 5.76. The van der Waals surface area contributed by atoms with E-state index in [1.807, 2.05) is 0 Å². The Balaban J connectivity index is 1.33. The van der Waals surface area contributed by atoms with E-state index >= 15 is 0 Å². The zero-order chi connectivity index (χ0) is 17.6. The predicted octanol–water partition coefficient (Wildman–Crippen LogP) is 0.252. The number of amides is 1. The molecule has 3 rings (SSSR count). The van der Waals surface area contributed by atoms with Gasteiger partial charge in [-0.1, -0.05) is 6.92 Å². The summed E-state index contributed by atoms with van der Waals surface area (Å²) in [5, 5.41) is 0. The SMILES string of the molecule is CCN1CCN(CCC(=O)N2CCN(C3CCN(C)CC3)CC2)CC1. The minimum Gasteiger partial charge on any atom is -0.340 e. The molecule has 0 saturated carbocycles. The summed E-state index contributed by atoms with van der Waals surface area (Å²) >= 11 is 0. The number of piperazine rings is 2. The number of piperidine rings is 1. The monoisotopic (exact) mass is 351 g/mol. The summed E-state index contributed by atoms with van der Waals surface area (Å²) in [5.74, 6) is 0.362. The molecule has 0 radical (unpaired) electrons. The number of hydrogen-bond acceptors (Lipinski definition) is 5. The number of hydrogen-bond donors (Lipinski definition) is 0. The average Bonchev–Trinajstić information content (AvgIpc) is 2.67. The molecule has 1 amide bonds. The van der Waals surface area contributed by atoms with Crippen molar-refractivity contribution in [3.63, 3.8) is 0 Å². The van der Waals surface area contributed by atoms with Crippen LogP contribution in [0.3, 0.4) is 0 Å². The molecule has 0 aromatic heterocycles. The van der Waals surface area contributed by atoms with E-state index < -0.39 is 0 Å². The van der Waals surface area contributed by atoms with Crippen molar-refractivity contribution in [1.82, 2.24) is 24.5 Å². The number of likely N-dealkylation sites (tertiary alicyclic amines) is 1. The van der Waals surface area contributed by atoms with E-state index in [4.69, 9.17) is 0 Å². The van der Waals surface area contributed by atoms with Gasteiger partial charge in [0.25, 0.3) is 0 Å². The smallest absolute Gasteiger partial charge is 0.223 e. The Morgan fingerprint density at radius 1 is 0.840 bits per heavy atom. The Morgan fingerprint density at radius 2 is 1.44 bits per heavy atom. The fourth-order valence-electron chi connectivity index (χ4n) is 4.44. The van der Waals surface area contributed by atoms with E-state index in [1.165, 1.54) is 25.9 Å². The fraction of sp³-hybridized carbons (Fsp3) is 0.947. The number of nitrogens with zero attached hydrogens (tertiary/aromatic N) is 5. The Kier molecular flexibility index (Phi) is 7.10. The summed E-state index contributed by atoms with van der Waals surface area (Å²) in [6.07, 6.45) is 3.27. The highest BCUT2D eigenvalue weighted by Gasteiger charge is 2.28. The molecule has 3 fully saturated rings. The van der Waals surface area contributed by atoms with Gasteiger partial charge in [-0.05, 0) is 39.5 Å². The van der Waals surface area contributed by atoms with Gasteiger partial charge in [0.15, 0.2) is 0 Å². The van der Waals surface area contributed by atoms with Gasteiger partial charge in [-0.25, -0.2) is 0 Å². The maximum atomic E-state index is 12.6. The molecular formula is C19H37N5O. The van der Waals surface area contributed by atoms with Crippen molar-refractivity contribution in [2.75, 3.05) is 85.6 Å². The normalized spacial score (nSPS) is 26.2. The van der Waals surface area contributed by atoms with Crippen molar-refractivity contribution in [1.29, 1.82) is 0 Å². The standard InChI is InChI=1S/C19H37N5O/c1-3-21-10-12-22(13-11-21)9-6-19(25)24-16-14-23(15-17-24)18-4-7-20(2)8-5-18/h18H,3-17H2,1-2H3. The van der Waals surface area contributed by atoms with E-state index in [2.05, 4.69) is 38.5 Å². The Hall–Kier alpha value is -0.690. The van der Waals surface area contributed by atoms with Crippen molar-refractivity contribution in [2.45, 2.75) is 32.2 Å². The van der Waals surface area contributed by atoms with Crippen molar-refractivity contribution < 1.29 is 4.79 Å². The van der Waals surface area contributed by atoms with Crippen LogP contribution < -0.4 is 0 Å². The van der Waals surface area contributed by atoms with Gasteiger partial charge in [0.2, 0.25) is 5.91 Å². The van der Waals surface area contributed by atoms with Crippen LogP contribution in [0.25, 0.3) is 0 Å². The number of rotatable bonds is 5. The molecule has 3 aliphatic heterocycles. The van der Waals surface area contributed by atoms with E-state index in [0.717, 1.165) is 71.5 Å². The lowest BCUT2D eigenvalue weighted by molar-refractivity contribution is -0.133. The third kappa shape index (κ3) is 5.39. The summed E-state index contributed by atoms with van der Waals surface area (Å²) in [6, 6.07) is 0.739. The van der Waals surface area contributed by atoms with E-state index in [9.17, 15) is 4.79 Å². The fourth-order valence-corrected chi connectivity index (χ4v) is 4.44. The molecule has 144 valence electrons. The van der Waals surface area contributed by atoms with Gasteiger partial charge in [-0.2, -0.15) is 0 Å². The van der Waals surface area contributed by atoms with Crippen molar-refractivity contribution in [2.24, 2.45) is 0 Å². The highest BCUT2D eigenvalue weighted by atomic mass is 16.2. The number of carbonyl (C=O) groups is 1. The van der Waals surface area contributed by atoms with Gasteiger partial charge in [0, 0.05) is 71.4 Å². The van der Waals surface area contributed by atoms with Gasteiger partial charge in [0.1, 0.15) is 0 Å². The molecule has 6 heteroatoms. The highest BCUT2D eigenvalue weighted by Crippen LogP contribution is 2.17. The van der Waals surface area contributed by atoms with Crippen LogP contribution in [0.1, 0.15) is 26.2 Å². The molecular weight excluding hydrogens is 314 g/mol. The van der Waals surface area contributed by atoms with E-state index in [0.29, 0.717) is 12.3 Å². The summed E-state index contributed by atoms with van der Waals surface area (Å²) in [4.78, 5) is 24.7. The Morgan fingerprint density at radius 3 is 2.04 bits per heavy atom. The molecule has 25 heavy (non-hydrogen) atoms. The molecule has 3 heterocycles. The second kappa shape index (κ2) is 9.31. The Labute approximate surface area is 153 Å². The van der Waals surface area contributed by atoms with Crippen LogP contribution in [-0.4, -0.2) is 122 Å². The molecule has 0 unspecified atom stereocenters. The first-order valence-corrected chi connectivity index (χ1v) is 10.3. The predicted molar refractivity (Wildman–Crippen MR) is 102 cm³/mol. The third-order valence-corrected chi connectivity index (χ3v) is 6.43. The van der Waals surface area contributed by atoms with Crippen LogP contribution in [0.4, 0.5) is 0 Å². The molecule has 0 spiro atoms. The minimum absolute atomic E-state index is 0.362. The van der Waals surface area contributed by atoms with Crippen molar-refractivity contribution in [3.05, 3.63) is 0 Å². The summed E-state index contributed by atoms with van der Waals surface area (Å²) < 4.78 is 0. The average molecular weight is 352 g/mol. The lowest BCUT2D eigenvalue weighted by atomic mass is 10.0. The Bertz CT molecular complexity index is 408. The summed E-state index contributed by atoms with van der Waals surface area (Å²) in [6.45, 7) is 15.3. The van der Waals surface area contributed by atoms with Crippen molar-refractivity contribution >= 4 is 5.91 Å². The van der Waals surface area contributed by atoms with Crippen LogP contribution in [0.15, 0.2) is 0 Å². The van der Waals surface area contributed by atoms with Crippen LogP contribution in [0.5, 0.6) is 0 Å². The largest absolute Gasteiger partial charge is 0.340 e. The van der Waals surface area contributed by atoms with Gasteiger partial charge >= 0.3 is 0 Å². The molecule has 0 atom stereocenters. The molecule has 0 N–H and O–H groups in total. The molecule has 0 aliphatic carbocycles. The maximum Gasteiger partial charge on any atom is 0.223 e. The second-order valence-corrected chi connectivity index (χ2v) is 7.98. The minimum atomic E-state index is 0.362. The van der Waals surface area contributed by atoms with Crippen LogP contribution in [0.2, 0.25) is 0 Å². The first kappa shape index (κ1) is 19.1. The molecule has 3 saturated heterocycles. The van der Waals surface area contributed by atoms with Crippen LogP contribution in [0, 0.1) is 0 Å². The topological polar surface area (TPSA) is 33.3 Å². The lowest BCUT2D eigenvalue weighted by Gasteiger charge is -2.42. The summed E-state index contributed by atoms with van der Waals surface area (Å²) in [7, 11) is 2.22. The first-order valence-electron chi connectivity index (χ1n) is 10.3. The number of likely N-dealkylation sites (N-methyl/N-ethyl adjacent to an activating group) is 1. The van der Waals surface area contributed by atoms with Gasteiger partial charge < -0.3 is 19.6 Å². The molecule has 0 aromatic carbocycles. The lowest BCUT2D eigenvalue weighted by Crippen LogP contribution is -2.54. The summed E-state index contributed by atoms with van der Waals surface area (Å²) in [5.41, 5.74) is 0. The first-order chi connectivity index (χ1) is 12.2. The number of carbonyl (C=O) groups excluding carboxylic acids is 1. The maximum absolute atomic E-state index is 12.6. The zero-order valence-corrected chi connectivity index (χ0v) is 16.3. The van der Waals surface area contributed by atoms with E-state index in [-0.39, 0.29) is 0 Å². The van der Waals surface area contributed by atoms with Gasteiger partial charge in [0.05, 0.1) is 0 Å².